The molecule has 522 valence electrons. The zero-order valence-electron chi connectivity index (χ0n) is 54.3. The third-order valence-corrected chi connectivity index (χ3v) is 17.7. The molecule has 18 atom stereocenters. The normalized spacial score (nSPS) is 28.8. The minimum Gasteiger partial charge on any atom is -0.477 e. The minimum absolute atomic E-state index is 0.214. The number of carboxylic acids is 1. The monoisotopic (exact) mass is 1280 g/mol. The molecular weight excluding hydrogens is 1160 g/mol. The van der Waals surface area contributed by atoms with E-state index >= 15 is 0 Å². The van der Waals surface area contributed by atoms with E-state index < -0.39 is 148 Å². The number of unbranched alkanes of at least 4 members (excludes halogenated alkanes) is 30. The van der Waals surface area contributed by atoms with Crippen LogP contribution < -0.4 is 10.6 Å². The summed E-state index contributed by atoms with van der Waals surface area (Å²) in [6, 6.07) is -2.53. The Labute approximate surface area is 531 Å². The molecule has 89 heavy (non-hydrogen) atoms. The van der Waals surface area contributed by atoms with Gasteiger partial charge in [0.25, 0.3) is 5.79 Å². The molecule has 2 amide bonds. The smallest absolute Gasteiger partial charge is 0.364 e. The lowest BCUT2D eigenvalue weighted by molar-refractivity contribution is -0.386. The maximum atomic E-state index is 13.4. The molecule has 0 aromatic rings. The van der Waals surface area contributed by atoms with Crippen molar-refractivity contribution in [3.63, 3.8) is 0 Å². The number of aliphatic hydroxyl groups is 11. The first-order valence-corrected chi connectivity index (χ1v) is 34.5. The number of carbonyl (C=O) groups excluding carboxylic acids is 2. The number of allylic oxidation sites excluding steroid dienone is 2. The molecule has 3 fully saturated rings. The third kappa shape index (κ3) is 30.2. The average Bonchev–Trinajstić information content (AvgIpc) is 1.23. The van der Waals surface area contributed by atoms with Gasteiger partial charge in [-0.3, -0.25) is 9.59 Å². The lowest BCUT2D eigenvalue weighted by Gasteiger charge is -2.50. The summed E-state index contributed by atoms with van der Waals surface area (Å²) in [6.45, 7) is 2.17. The number of hydrogen-bond acceptors (Lipinski definition) is 20. The highest BCUT2D eigenvalue weighted by Gasteiger charge is 2.60. The summed E-state index contributed by atoms with van der Waals surface area (Å²) in [7, 11) is 0. The van der Waals surface area contributed by atoms with Crippen LogP contribution in [0.4, 0.5) is 0 Å². The molecule has 3 aliphatic heterocycles. The predicted molar refractivity (Wildman–Crippen MR) is 334 cm³/mol. The molecule has 23 heteroatoms. The van der Waals surface area contributed by atoms with Gasteiger partial charge in [-0.25, -0.2) is 4.79 Å². The topological polar surface area (TPSA) is 373 Å². The molecule has 3 heterocycles. The predicted octanol–water partition coefficient (Wildman–Crippen LogP) is 5.90. The Morgan fingerprint density at radius 3 is 1.54 bits per heavy atom. The SMILES string of the molecule is CCCCC/C=C\CCCCCCCC(=O)NC(COC1OC(CO)C(OC2OC(CO)C(O)C(OC3(C(=O)O)CC(O)C(NC(C)=O)C(C(O)C(O)CO)O3)C2O)C(O)C1O)C(O)CCCCCCCCCCCCCCCCCCCCCCCCC. The fourth-order valence-electron chi connectivity index (χ4n) is 12.2. The van der Waals surface area contributed by atoms with Gasteiger partial charge in [0.05, 0.1) is 50.7 Å². The Bertz CT molecular complexity index is 1860. The first-order chi connectivity index (χ1) is 42.9. The van der Waals surface area contributed by atoms with Crippen molar-refractivity contribution in [1.82, 2.24) is 10.6 Å². The van der Waals surface area contributed by atoms with E-state index in [1.807, 2.05) is 0 Å². The van der Waals surface area contributed by atoms with Gasteiger partial charge in [0.1, 0.15) is 67.1 Å². The van der Waals surface area contributed by atoms with E-state index in [4.69, 9.17) is 28.4 Å². The number of amides is 2. The van der Waals surface area contributed by atoms with E-state index in [0.717, 1.165) is 71.1 Å². The highest BCUT2D eigenvalue weighted by molar-refractivity contribution is 5.77. The van der Waals surface area contributed by atoms with E-state index in [0.29, 0.717) is 19.3 Å². The van der Waals surface area contributed by atoms with Crippen molar-refractivity contribution < 1.29 is 104 Å². The lowest BCUT2D eigenvalue weighted by Crippen LogP contribution is -2.70. The molecule has 3 aliphatic rings. The van der Waals surface area contributed by atoms with E-state index in [2.05, 4.69) is 36.6 Å². The molecule has 14 N–H and O–H groups in total. The lowest BCUT2D eigenvalue weighted by atomic mass is 9.88. The molecule has 23 nitrogen and oxygen atoms in total. The van der Waals surface area contributed by atoms with E-state index in [9.17, 15) is 75.7 Å². The van der Waals surface area contributed by atoms with Crippen LogP contribution in [-0.4, -0.2) is 215 Å². The maximum absolute atomic E-state index is 13.4. The van der Waals surface area contributed by atoms with Crippen molar-refractivity contribution in [2.24, 2.45) is 0 Å². The van der Waals surface area contributed by atoms with Crippen LogP contribution in [0.5, 0.6) is 0 Å². The summed E-state index contributed by atoms with van der Waals surface area (Å²) in [6.07, 6.45) is 15.1. The number of aliphatic carboxylic acids is 1. The van der Waals surface area contributed by atoms with Gasteiger partial charge in [0.15, 0.2) is 12.6 Å². The number of ether oxygens (including phenoxy) is 6. The van der Waals surface area contributed by atoms with Crippen LogP contribution in [0.25, 0.3) is 0 Å². The largest absolute Gasteiger partial charge is 0.477 e. The van der Waals surface area contributed by atoms with Gasteiger partial charge in [0.2, 0.25) is 11.8 Å². The second kappa shape index (κ2) is 47.4. The Balaban J connectivity index is 1.57. The molecular formula is C66H122N2O21. The van der Waals surface area contributed by atoms with E-state index in [-0.39, 0.29) is 18.9 Å². The standard InChI is InChI=1S/C66H122N2O21/c1-4-6-8-10-12-14-16-18-19-20-21-22-23-24-25-26-27-28-29-31-33-35-37-39-48(73)47(68-53(76)40-38-36-34-32-30-17-15-13-11-9-7-5-2)45-84-63-58(80)57(79)60(52(44-71)86-63)87-64-59(81)62(56(78)51(43-70)85-64)89-66(65(82)83)41-49(74)54(67-46(3)72)61(88-66)55(77)50(75)42-69/h13,15,47-52,54-64,69-71,73-75,77-81H,4-12,14,16-45H2,1-3H3,(H,67,72)(H,68,76)(H,82,83)/b15-13-. The highest BCUT2D eigenvalue weighted by atomic mass is 16.8. The molecule has 0 aromatic heterocycles. The molecule has 3 rings (SSSR count). The Hall–Kier alpha value is -2.53. The van der Waals surface area contributed by atoms with E-state index in [1.165, 1.54) is 135 Å². The Kier molecular flexibility index (Phi) is 43.0. The number of carboxylic acid groups (broad SMARTS) is 1. The minimum atomic E-state index is -3.08. The zero-order valence-corrected chi connectivity index (χ0v) is 54.3. The Morgan fingerprint density at radius 2 is 1.04 bits per heavy atom. The van der Waals surface area contributed by atoms with Gasteiger partial charge in [-0.1, -0.05) is 206 Å². The van der Waals surface area contributed by atoms with Crippen molar-refractivity contribution in [3.05, 3.63) is 12.2 Å². The average molecular weight is 1280 g/mol. The molecule has 0 saturated carbocycles. The number of rotatable bonds is 52. The van der Waals surface area contributed by atoms with Crippen LogP contribution >= 0.6 is 0 Å². The summed E-state index contributed by atoms with van der Waals surface area (Å²) in [4.78, 5) is 38.5. The zero-order chi connectivity index (χ0) is 65.4. The third-order valence-electron chi connectivity index (χ3n) is 17.7. The highest BCUT2D eigenvalue weighted by Crippen LogP contribution is 2.39. The molecule has 0 spiro atoms. The molecule has 0 radical (unpaired) electrons. The molecule has 0 aliphatic carbocycles. The van der Waals surface area contributed by atoms with E-state index in [1.54, 1.807) is 0 Å². The van der Waals surface area contributed by atoms with Crippen molar-refractivity contribution in [1.29, 1.82) is 0 Å². The van der Waals surface area contributed by atoms with Crippen LogP contribution in [0.2, 0.25) is 0 Å². The van der Waals surface area contributed by atoms with Crippen molar-refractivity contribution in [2.75, 3.05) is 26.4 Å². The van der Waals surface area contributed by atoms with Gasteiger partial charge in [-0.2, -0.15) is 0 Å². The van der Waals surface area contributed by atoms with Gasteiger partial charge in [-0.15, -0.1) is 0 Å². The van der Waals surface area contributed by atoms with Crippen LogP contribution in [0, 0.1) is 0 Å². The van der Waals surface area contributed by atoms with Crippen LogP contribution in [0.15, 0.2) is 12.2 Å². The number of aliphatic hydroxyl groups excluding tert-OH is 11. The van der Waals surface area contributed by atoms with Gasteiger partial charge >= 0.3 is 5.97 Å². The fraction of sp³-hybridized carbons (Fsp3) is 0.924. The van der Waals surface area contributed by atoms with Crippen molar-refractivity contribution >= 4 is 17.8 Å². The summed E-state index contributed by atoms with van der Waals surface area (Å²) < 4.78 is 34.8. The van der Waals surface area contributed by atoms with Gasteiger partial charge in [-0.05, 0) is 38.5 Å². The summed E-state index contributed by atoms with van der Waals surface area (Å²) >= 11 is 0. The van der Waals surface area contributed by atoms with Gasteiger partial charge < -0.3 is 100 Å². The number of hydrogen-bond donors (Lipinski definition) is 14. The van der Waals surface area contributed by atoms with Crippen molar-refractivity contribution in [3.8, 4) is 0 Å². The molecule has 3 saturated heterocycles. The summed E-state index contributed by atoms with van der Waals surface area (Å²) in [5.74, 6) is -6.11. The summed E-state index contributed by atoms with van der Waals surface area (Å²) in [5.41, 5.74) is 0. The first kappa shape index (κ1) is 80.7. The summed E-state index contributed by atoms with van der Waals surface area (Å²) in [5, 5.41) is 136. The fourth-order valence-corrected chi connectivity index (χ4v) is 12.2. The van der Waals surface area contributed by atoms with Gasteiger partial charge in [0, 0.05) is 19.8 Å². The molecule has 0 bridgehead atoms. The number of nitrogens with one attached hydrogen (secondary N) is 2. The van der Waals surface area contributed by atoms with Crippen LogP contribution in [0.1, 0.15) is 252 Å². The first-order valence-electron chi connectivity index (χ1n) is 34.5. The van der Waals surface area contributed by atoms with Crippen LogP contribution in [-0.2, 0) is 42.8 Å². The quantitative estimate of drug-likeness (QED) is 0.0249. The Morgan fingerprint density at radius 1 is 0.573 bits per heavy atom. The second-order valence-electron chi connectivity index (χ2n) is 25.4. The second-order valence-corrected chi connectivity index (χ2v) is 25.4. The van der Waals surface area contributed by atoms with Crippen molar-refractivity contribution in [2.45, 2.75) is 362 Å². The molecule has 18 unspecified atom stereocenters. The maximum Gasteiger partial charge on any atom is 0.364 e. The molecule has 0 aromatic carbocycles. The van der Waals surface area contributed by atoms with Crippen LogP contribution in [0.3, 0.4) is 0 Å². The number of carbonyl (C=O) groups is 3.